The maximum Gasteiger partial charge on any atom is 0.323 e. The Bertz CT molecular complexity index is 1570. The Morgan fingerprint density at radius 1 is 0.914 bits per heavy atom. The molecule has 4 N–H and O–H groups in total. The van der Waals surface area contributed by atoms with Crippen LogP contribution in [0.2, 0.25) is 0 Å². The fourth-order valence-corrected chi connectivity index (χ4v) is 4.92. The lowest BCUT2D eigenvalue weighted by Crippen LogP contribution is -2.27. The van der Waals surface area contributed by atoms with Gasteiger partial charge in [-0.2, -0.15) is 0 Å². The van der Waals surface area contributed by atoms with E-state index in [1.807, 2.05) is 18.2 Å². The maximum atomic E-state index is 13.0. The van der Waals surface area contributed by atoms with E-state index in [2.05, 4.69) is 20.0 Å². The summed E-state index contributed by atoms with van der Waals surface area (Å²) in [6, 6.07) is 16.2. The largest absolute Gasteiger partial charge is 0.486 e. The predicted octanol–water partition coefficient (Wildman–Crippen LogP) is 2.40. The summed E-state index contributed by atoms with van der Waals surface area (Å²) in [6.07, 6.45) is 0.561. The van der Waals surface area contributed by atoms with Crippen molar-refractivity contribution in [3.8, 4) is 11.5 Å². The Hall–Kier alpha value is -4.25. The second-order valence-corrected chi connectivity index (χ2v) is 9.60. The number of aromatic amines is 2. The monoisotopic (exact) mass is 494 g/mol. The molecule has 4 aromatic rings. The molecule has 11 heteroatoms. The SMILES string of the molecule is O=C(NCCc1ccc2c(c1)OCCO2)c1ccccc1NS(=O)(=O)c1ccc2[nH]c(=O)[nH]c2c1. The van der Waals surface area contributed by atoms with Crippen molar-refractivity contribution in [1.82, 2.24) is 15.3 Å². The van der Waals surface area contributed by atoms with Crippen LogP contribution in [0.1, 0.15) is 15.9 Å². The summed E-state index contributed by atoms with van der Waals surface area (Å²) in [5.41, 5.74) is 1.73. The highest BCUT2D eigenvalue weighted by Gasteiger charge is 2.19. The third-order valence-corrected chi connectivity index (χ3v) is 6.88. The van der Waals surface area contributed by atoms with Crippen molar-refractivity contribution in [3.05, 3.63) is 82.3 Å². The number of carbonyl (C=O) groups is 1. The Balaban J connectivity index is 1.28. The molecule has 0 aliphatic carbocycles. The molecule has 1 aromatic heterocycles. The van der Waals surface area contributed by atoms with Gasteiger partial charge < -0.3 is 24.8 Å². The van der Waals surface area contributed by atoms with E-state index in [1.165, 1.54) is 24.3 Å². The number of amides is 1. The molecule has 10 nitrogen and oxygen atoms in total. The molecule has 0 bridgehead atoms. The van der Waals surface area contributed by atoms with E-state index in [0.29, 0.717) is 48.7 Å². The minimum atomic E-state index is -4.02. The van der Waals surface area contributed by atoms with Gasteiger partial charge in [0, 0.05) is 6.54 Å². The first-order valence-corrected chi connectivity index (χ1v) is 12.4. The molecule has 0 unspecified atom stereocenters. The van der Waals surface area contributed by atoms with Gasteiger partial charge in [-0.15, -0.1) is 0 Å². The van der Waals surface area contributed by atoms with E-state index in [0.717, 1.165) is 5.56 Å². The lowest BCUT2D eigenvalue weighted by Gasteiger charge is -2.19. The first-order valence-electron chi connectivity index (χ1n) is 10.9. The highest BCUT2D eigenvalue weighted by atomic mass is 32.2. The van der Waals surface area contributed by atoms with Crippen LogP contribution in [0.5, 0.6) is 11.5 Å². The number of carbonyl (C=O) groups excluding carboxylic acids is 1. The van der Waals surface area contributed by atoms with Crippen LogP contribution in [0.15, 0.2) is 70.4 Å². The number of nitrogens with one attached hydrogen (secondary N) is 4. The highest BCUT2D eigenvalue weighted by Crippen LogP contribution is 2.30. The second kappa shape index (κ2) is 9.18. The Labute approximate surface area is 200 Å². The standard InChI is InChI=1S/C24H22N4O6S/c29-23(25-10-9-15-5-8-21-22(13-15)34-12-11-33-21)17-3-1-2-4-18(17)28-35(31,32)16-6-7-19-20(14-16)27-24(30)26-19/h1-8,13-14,28H,9-12H2,(H,25,29)(H2,26,27,30). The fraction of sp³-hybridized carbons (Fsp3) is 0.167. The molecule has 35 heavy (non-hydrogen) atoms. The van der Waals surface area contributed by atoms with Gasteiger partial charge in [0.2, 0.25) is 0 Å². The molecule has 1 aliphatic rings. The van der Waals surface area contributed by atoms with Crippen molar-refractivity contribution in [2.45, 2.75) is 11.3 Å². The molecule has 180 valence electrons. The highest BCUT2D eigenvalue weighted by molar-refractivity contribution is 7.92. The van der Waals surface area contributed by atoms with Crippen LogP contribution in [-0.2, 0) is 16.4 Å². The third kappa shape index (κ3) is 4.85. The lowest BCUT2D eigenvalue weighted by atomic mass is 10.1. The van der Waals surface area contributed by atoms with Gasteiger partial charge in [0.05, 0.1) is 27.2 Å². The van der Waals surface area contributed by atoms with Crippen LogP contribution in [0.3, 0.4) is 0 Å². The molecule has 1 amide bonds. The Kier molecular flexibility index (Phi) is 5.91. The van der Waals surface area contributed by atoms with Gasteiger partial charge in [0.1, 0.15) is 13.2 Å². The summed E-state index contributed by atoms with van der Waals surface area (Å²) in [7, 11) is -4.02. The first-order chi connectivity index (χ1) is 16.9. The number of para-hydroxylation sites is 1. The molecule has 1 aliphatic heterocycles. The van der Waals surface area contributed by atoms with Crippen LogP contribution < -0.4 is 25.2 Å². The molecule has 0 fully saturated rings. The molecule has 0 saturated heterocycles. The minimum absolute atomic E-state index is 0.0472. The topological polar surface area (TPSA) is 142 Å². The molecule has 0 spiro atoms. The van der Waals surface area contributed by atoms with Gasteiger partial charge in [0.25, 0.3) is 15.9 Å². The third-order valence-electron chi connectivity index (χ3n) is 5.52. The molecule has 0 atom stereocenters. The van der Waals surface area contributed by atoms with Crippen molar-refractivity contribution in [2.75, 3.05) is 24.5 Å². The quantitative estimate of drug-likeness (QED) is 0.311. The zero-order valence-electron chi connectivity index (χ0n) is 18.5. The molecule has 0 radical (unpaired) electrons. The van der Waals surface area contributed by atoms with Gasteiger partial charge in [-0.25, -0.2) is 13.2 Å². The van der Waals surface area contributed by atoms with E-state index >= 15 is 0 Å². The summed E-state index contributed by atoms with van der Waals surface area (Å²) in [6.45, 7) is 1.36. The van der Waals surface area contributed by atoms with Gasteiger partial charge in [0.15, 0.2) is 11.5 Å². The average molecular weight is 495 g/mol. The van der Waals surface area contributed by atoms with Gasteiger partial charge in [-0.3, -0.25) is 9.52 Å². The van der Waals surface area contributed by atoms with E-state index < -0.39 is 21.6 Å². The summed E-state index contributed by atoms with van der Waals surface area (Å²) >= 11 is 0. The molecular formula is C24H22N4O6S. The van der Waals surface area contributed by atoms with E-state index in [-0.39, 0.29) is 16.1 Å². The average Bonchev–Trinajstić information content (AvgIpc) is 3.23. The molecule has 5 rings (SSSR count). The number of aromatic nitrogens is 2. The number of anilines is 1. The van der Waals surface area contributed by atoms with Crippen molar-refractivity contribution >= 4 is 32.7 Å². The molecule has 0 saturated carbocycles. The normalized spacial score (nSPS) is 12.9. The maximum absolute atomic E-state index is 13.0. The van der Waals surface area contributed by atoms with Crippen molar-refractivity contribution in [1.29, 1.82) is 0 Å². The number of H-pyrrole nitrogens is 2. The van der Waals surface area contributed by atoms with Crippen LogP contribution in [0.4, 0.5) is 5.69 Å². The number of rotatable bonds is 7. The van der Waals surface area contributed by atoms with Crippen molar-refractivity contribution < 1.29 is 22.7 Å². The number of sulfonamides is 1. The number of fused-ring (bicyclic) bond motifs is 2. The van der Waals surface area contributed by atoms with Gasteiger partial charge >= 0.3 is 5.69 Å². The van der Waals surface area contributed by atoms with E-state index in [9.17, 15) is 18.0 Å². The number of hydrogen-bond donors (Lipinski definition) is 4. The Morgan fingerprint density at radius 2 is 1.69 bits per heavy atom. The molecular weight excluding hydrogens is 472 g/mol. The summed E-state index contributed by atoms with van der Waals surface area (Å²) in [4.78, 5) is 29.4. The lowest BCUT2D eigenvalue weighted by molar-refractivity contribution is 0.0955. The van der Waals surface area contributed by atoms with Crippen molar-refractivity contribution in [3.63, 3.8) is 0 Å². The van der Waals surface area contributed by atoms with Crippen LogP contribution in [-0.4, -0.2) is 44.1 Å². The smallest absolute Gasteiger partial charge is 0.323 e. The summed E-state index contributed by atoms with van der Waals surface area (Å²) in [5, 5.41) is 2.83. The number of benzene rings is 3. The zero-order chi connectivity index (χ0) is 24.4. The summed E-state index contributed by atoms with van der Waals surface area (Å²) < 4.78 is 39.5. The van der Waals surface area contributed by atoms with Crippen molar-refractivity contribution in [2.24, 2.45) is 0 Å². The predicted molar refractivity (Wildman–Crippen MR) is 130 cm³/mol. The molecule has 3 aromatic carbocycles. The second-order valence-electron chi connectivity index (χ2n) is 7.92. The van der Waals surface area contributed by atoms with Gasteiger partial charge in [-0.05, 0) is 54.4 Å². The number of hydrogen-bond acceptors (Lipinski definition) is 6. The summed E-state index contributed by atoms with van der Waals surface area (Å²) in [5.74, 6) is 0.972. The Morgan fingerprint density at radius 3 is 2.54 bits per heavy atom. The zero-order valence-corrected chi connectivity index (χ0v) is 19.3. The first kappa shape index (κ1) is 22.5. The number of imidazole rings is 1. The fourth-order valence-electron chi connectivity index (χ4n) is 3.81. The van der Waals surface area contributed by atoms with E-state index in [1.54, 1.807) is 18.2 Å². The van der Waals surface area contributed by atoms with Crippen LogP contribution >= 0.6 is 0 Å². The van der Waals surface area contributed by atoms with Crippen LogP contribution in [0.25, 0.3) is 11.0 Å². The van der Waals surface area contributed by atoms with Gasteiger partial charge in [-0.1, -0.05) is 18.2 Å². The molecule has 2 heterocycles. The number of ether oxygens (including phenoxy) is 2. The van der Waals surface area contributed by atoms with E-state index in [4.69, 9.17) is 9.47 Å². The minimum Gasteiger partial charge on any atom is -0.486 e. The van der Waals surface area contributed by atoms with Crippen LogP contribution in [0, 0.1) is 0 Å².